The second-order valence-electron chi connectivity index (χ2n) is 7.56. The molecule has 2 amide bonds. The zero-order valence-electron chi connectivity index (χ0n) is 16.7. The van der Waals surface area contributed by atoms with E-state index >= 15 is 0 Å². The number of carbonyl (C=O) groups excluding carboxylic acids is 2. The van der Waals surface area contributed by atoms with Crippen molar-refractivity contribution < 1.29 is 9.59 Å². The molecule has 2 aromatic rings. The van der Waals surface area contributed by atoms with E-state index in [1.807, 2.05) is 78.5 Å². The second kappa shape index (κ2) is 9.40. The van der Waals surface area contributed by atoms with Crippen LogP contribution in [0.2, 0.25) is 0 Å². The number of aryl methyl sites for hydroxylation is 1. The molecule has 5 heteroatoms. The van der Waals surface area contributed by atoms with Crippen molar-refractivity contribution in [2.45, 2.75) is 31.7 Å². The first-order valence-electron chi connectivity index (χ1n) is 9.93. The molecule has 1 fully saturated rings. The summed E-state index contributed by atoms with van der Waals surface area (Å²) in [5, 5.41) is 3.13. The third kappa shape index (κ3) is 5.35. The van der Waals surface area contributed by atoms with Crippen molar-refractivity contribution in [1.82, 2.24) is 10.2 Å². The van der Waals surface area contributed by atoms with Crippen molar-refractivity contribution in [3.8, 4) is 0 Å². The number of amides is 2. The third-order valence-electron chi connectivity index (χ3n) is 5.26. The zero-order chi connectivity index (χ0) is 19.9. The lowest BCUT2D eigenvalue weighted by atomic mass is 10.0. The molecule has 3 rings (SSSR count). The summed E-state index contributed by atoms with van der Waals surface area (Å²) in [4.78, 5) is 28.8. The van der Waals surface area contributed by atoms with Crippen LogP contribution >= 0.6 is 0 Å². The van der Waals surface area contributed by atoms with Gasteiger partial charge in [-0.15, -0.1) is 0 Å². The number of hydrogen-bond acceptors (Lipinski definition) is 3. The van der Waals surface area contributed by atoms with Gasteiger partial charge >= 0.3 is 0 Å². The van der Waals surface area contributed by atoms with E-state index in [-0.39, 0.29) is 17.9 Å². The predicted octanol–water partition coefficient (Wildman–Crippen LogP) is 3.11. The molecule has 1 N–H and O–H groups in total. The minimum Gasteiger partial charge on any atom is -0.378 e. The molecule has 0 spiro atoms. The number of nitrogens with one attached hydrogen (secondary N) is 1. The molecule has 0 saturated carbocycles. The van der Waals surface area contributed by atoms with Gasteiger partial charge < -0.3 is 15.1 Å². The van der Waals surface area contributed by atoms with Crippen molar-refractivity contribution in [2.75, 3.05) is 32.1 Å². The summed E-state index contributed by atoms with van der Waals surface area (Å²) in [6.45, 7) is 1.36. The lowest BCUT2D eigenvalue weighted by molar-refractivity contribution is -0.122. The number of piperidine rings is 1. The quantitative estimate of drug-likeness (QED) is 0.839. The minimum absolute atomic E-state index is 0.0687. The Labute approximate surface area is 167 Å². The van der Waals surface area contributed by atoms with Crippen LogP contribution in [0.15, 0.2) is 54.6 Å². The van der Waals surface area contributed by atoms with Gasteiger partial charge in [-0.1, -0.05) is 30.3 Å². The van der Waals surface area contributed by atoms with E-state index in [2.05, 4.69) is 5.32 Å². The summed E-state index contributed by atoms with van der Waals surface area (Å²) in [5.41, 5.74) is 2.97. The summed E-state index contributed by atoms with van der Waals surface area (Å²) in [6.07, 6.45) is 2.87. The first-order chi connectivity index (χ1) is 13.5. The molecule has 0 atom stereocenters. The Hall–Kier alpha value is -2.82. The van der Waals surface area contributed by atoms with Gasteiger partial charge in [-0.05, 0) is 49.1 Å². The van der Waals surface area contributed by atoms with Crippen LogP contribution in [0.3, 0.4) is 0 Å². The van der Waals surface area contributed by atoms with E-state index in [4.69, 9.17) is 0 Å². The highest BCUT2D eigenvalue weighted by Gasteiger charge is 2.24. The summed E-state index contributed by atoms with van der Waals surface area (Å²) in [6, 6.07) is 17.9. The van der Waals surface area contributed by atoms with E-state index < -0.39 is 0 Å². The monoisotopic (exact) mass is 379 g/mol. The molecule has 0 radical (unpaired) electrons. The number of nitrogens with zero attached hydrogens (tertiary/aromatic N) is 2. The fraction of sp³-hybridized carbons (Fsp3) is 0.391. The molecule has 1 aliphatic heterocycles. The number of anilines is 1. The maximum absolute atomic E-state index is 12.7. The number of benzene rings is 2. The Morgan fingerprint density at radius 3 is 2.25 bits per heavy atom. The lowest BCUT2D eigenvalue weighted by Crippen LogP contribution is -2.46. The normalized spacial score (nSPS) is 14.6. The summed E-state index contributed by atoms with van der Waals surface area (Å²) in [7, 11) is 3.96. The van der Waals surface area contributed by atoms with E-state index in [9.17, 15) is 9.59 Å². The fourth-order valence-electron chi connectivity index (χ4n) is 3.51. The van der Waals surface area contributed by atoms with Crippen LogP contribution in [0.1, 0.15) is 35.2 Å². The van der Waals surface area contributed by atoms with Crippen LogP contribution in [0.25, 0.3) is 0 Å². The molecule has 0 aromatic heterocycles. The largest absolute Gasteiger partial charge is 0.378 e. The molecule has 2 aromatic carbocycles. The molecule has 1 saturated heterocycles. The van der Waals surface area contributed by atoms with Crippen LogP contribution in [-0.4, -0.2) is 49.9 Å². The predicted molar refractivity (Wildman–Crippen MR) is 113 cm³/mol. The van der Waals surface area contributed by atoms with Gasteiger partial charge in [-0.25, -0.2) is 0 Å². The highest BCUT2D eigenvalue weighted by molar-refractivity contribution is 5.94. The van der Waals surface area contributed by atoms with Crippen molar-refractivity contribution >= 4 is 17.5 Å². The molecule has 5 nitrogen and oxygen atoms in total. The van der Waals surface area contributed by atoms with Gasteiger partial charge in [0.25, 0.3) is 5.91 Å². The van der Waals surface area contributed by atoms with Crippen LogP contribution < -0.4 is 10.2 Å². The van der Waals surface area contributed by atoms with E-state index in [0.717, 1.165) is 30.5 Å². The molecular weight excluding hydrogens is 350 g/mol. The Kier molecular flexibility index (Phi) is 6.69. The molecular formula is C23H29N3O2. The smallest absolute Gasteiger partial charge is 0.253 e. The van der Waals surface area contributed by atoms with Gasteiger partial charge in [0.05, 0.1) is 0 Å². The summed E-state index contributed by atoms with van der Waals surface area (Å²) in [5.74, 6) is 0.159. The average Bonchev–Trinajstić information content (AvgIpc) is 2.73. The second-order valence-corrected chi connectivity index (χ2v) is 7.56. The van der Waals surface area contributed by atoms with Gasteiger partial charge in [0.15, 0.2) is 0 Å². The van der Waals surface area contributed by atoms with Crippen LogP contribution in [0.4, 0.5) is 5.69 Å². The Bertz CT molecular complexity index is 779. The van der Waals surface area contributed by atoms with Crippen LogP contribution in [-0.2, 0) is 11.2 Å². The van der Waals surface area contributed by atoms with E-state index in [0.29, 0.717) is 19.5 Å². The molecule has 148 valence electrons. The van der Waals surface area contributed by atoms with Gasteiger partial charge in [0.2, 0.25) is 5.91 Å². The van der Waals surface area contributed by atoms with Gasteiger partial charge in [-0.3, -0.25) is 9.59 Å². The first kappa shape index (κ1) is 19.9. The maximum atomic E-state index is 12.7. The molecule has 1 aliphatic rings. The van der Waals surface area contributed by atoms with Crippen molar-refractivity contribution in [3.05, 3.63) is 65.7 Å². The Morgan fingerprint density at radius 1 is 1.00 bits per heavy atom. The average molecular weight is 380 g/mol. The number of carbonyl (C=O) groups is 2. The summed E-state index contributed by atoms with van der Waals surface area (Å²) < 4.78 is 0. The van der Waals surface area contributed by atoms with Crippen LogP contribution in [0.5, 0.6) is 0 Å². The number of rotatable bonds is 6. The first-order valence-corrected chi connectivity index (χ1v) is 9.93. The third-order valence-corrected chi connectivity index (χ3v) is 5.26. The minimum atomic E-state index is 0.0687. The fourth-order valence-corrected chi connectivity index (χ4v) is 3.51. The summed E-state index contributed by atoms with van der Waals surface area (Å²) >= 11 is 0. The van der Waals surface area contributed by atoms with Crippen molar-refractivity contribution in [3.63, 3.8) is 0 Å². The van der Waals surface area contributed by atoms with Gasteiger partial charge in [0, 0.05) is 50.9 Å². The zero-order valence-corrected chi connectivity index (χ0v) is 16.7. The molecule has 28 heavy (non-hydrogen) atoms. The SMILES string of the molecule is CN(C)c1ccc(C(=O)N2CCC(NC(=O)CCc3ccccc3)CC2)cc1. The highest BCUT2D eigenvalue weighted by Crippen LogP contribution is 2.17. The van der Waals surface area contributed by atoms with Crippen LogP contribution in [0, 0.1) is 0 Å². The Morgan fingerprint density at radius 2 is 1.64 bits per heavy atom. The highest BCUT2D eigenvalue weighted by atomic mass is 16.2. The molecule has 0 aliphatic carbocycles. The topological polar surface area (TPSA) is 52.7 Å². The van der Waals surface area contributed by atoms with E-state index in [1.165, 1.54) is 5.56 Å². The van der Waals surface area contributed by atoms with Gasteiger partial charge in [0.1, 0.15) is 0 Å². The molecule has 0 bridgehead atoms. The molecule has 1 heterocycles. The van der Waals surface area contributed by atoms with Crippen molar-refractivity contribution in [1.29, 1.82) is 0 Å². The number of hydrogen-bond donors (Lipinski definition) is 1. The van der Waals surface area contributed by atoms with Gasteiger partial charge in [-0.2, -0.15) is 0 Å². The standard InChI is InChI=1S/C23H29N3O2/c1-25(2)21-11-9-19(10-12-21)23(28)26-16-14-20(15-17-26)24-22(27)13-8-18-6-4-3-5-7-18/h3-7,9-12,20H,8,13-17H2,1-2H3,(H,24,27). The Balaban J connectivity index is 1.43. The number of likely N-dealkylation sites (tertiary alicyclic amines) is 1. The molecule has 0 unspecified atom stereocenters. The lowest BCUT2D eigenvalue weighted by Gasteiger charge is -2.32. The maximum Gasteiger partial charge on any atom is 0.253 e. The van der Waals surface area contributed by atoms with Crippen molar-refractivity contribution in [2.24, 2.45) is 0 Å². The van der Waals surface area contributed by atoms with E-state index in [1.54, 1.807) is 0 Å².